The molecule has 2 aromatic carbocycles. The topological polar surface area (TPSA) is 317 Å². The van der Waals surface area contributed by atoms with Gasteiger partial charge in [0.2, 0.25) is 29.9 Å². The lowest BCUT2D eigenvalue weighted by molar-refractivity contribution is -0.140. The average Bonchev–Trinajstić information content (AvgIpc) is 3.57. The van der Waals surface area contributed by atoms with Gasteiger partial charge in [0.15, 0.2) is 0 Å². The summed E-state index contributed by atoms with van der Waals surface area (Å²) in [5, 5.41) is 42.5. The molecule has 316 valence electrons. The Kier molecular flexibility index (Phi) is 15.5. The number of carboxylic acids is 1. The van der Waals surface area contributed by atoms with Crippen LogP contribution in [0.5, 0.6) is 5.75 Å². The van der Waals surface area contributed by atoms with Crippen LogP contribution in [-0.2, 0) is 41.6 Å². The number of benzene rings is 2. The number of aliphatic hydroxyl groups excluding tert-OH is 1. The zero-order valence-electron chi connectivity index (χ0n) is 32.3. The third-order valence-electron chi connectivity index (χ3n) is 9.33. The molecule has 0 bridgehead atoms. The number of aromatic nitrogens is 2. The molecule has 0 spiro atoms. The van der Waals surface area contributed by atoms with Crippen molar-refractivity contribution in [2.24, 2.45) is 5.73 Å². The molecular weight excluding hydrogens is 774 g/mol. The Morgan fingerprint density at radius 1 is 0.932 bits per heavy atom. The summed E-state index contributed by atoms with van der Waals surface area (Å²) in [5.74, 6) is -4.64. The second-order valence-electron chi connectivity index (χ2n) is 13.7. The Morgan fingerprint density at radius 2 is 1.61 bits per heavy atom. The Bertz CT molecular complexity index is 2160. The van der Waals surface area contributed by atoms with Crippen molar-refractivity contribution in [3.8, 4) is 5.75 Å². The van der Waals surface area contributed by atoms with Gasteiger partial charge in [0.1, 0.15) is 41.8 Å². The van der Waals surface area contributed by atoms with E-state index in [0.29, 0.717) is 11.1 Å². The lowest BCUT2D eigenvalue weighted by Crippen LogP contribution is -2.62. The molecule has 1 aliphatic rings. The molecule has 0 unspecified atom stereocenters. The number of likely N-dealkylation sites (N-methyl/N-ethyl adjacent to an activating group) is 1. The van der Waals surface area contributed by atoms with Crippen molar-refractivity contribution in [1.29, 1.82) is 0 Å². The van der Waals surface area contributed by atoms with E-state index in [1.165, 1.54) is 33.0 Å². The van der Waals surface area contributed by atoms with Crippen LogP contribution >= 0.6 is 0 Å². The van der Waals surface area contributed by atoms with E-state index in [-0.39, 0.29) is 30.8 Å². The Hall–Kier alpha value is -7.00. The van der Waals surface area contributed by atoms with Crippen LogP contribution in [-0.4, -0.2) is 115 Å². The van der Waals surface area contributed by atoms with Gasteiger partial charge in [-0.3, -0.25) is 33.5 Å². The van der Waals surface area contributed by atoms with E-state index in [4.69, 9.17) is 10.5 Å². The number of carboxylic acid groups (broad SMARTS) is 1. The van der Waals surface area contributed by atoms with E-state index in [1.807, 2.05) is 0 Å². The second-order valence-corrected chi connectivity index (χ2v) is 13.7. The monoisotopic (exact) mass is 821 g/mol. The molecule has 0 saturated carbocycles. The molecular formula is C38H47N9O12. The van der Waals surface area contributed by atoms with Gasteiger partial charge in [-0.2, -0.15) is 0 Å². The molecule has 1 aliphatic heterocycles. The highest BCUT2D eigenvalue weighted by molar-refractivity contribution is 5.94. The summed E-state index contributed by atoms with van der Waals surface area (Å²) in [6.07, 6.45) is -0.672. The van der Waals surface area contributed by atoms with Gasteiger partial charge in [-0.15, -0.1) is 0 Å². The number of hydrogen-bond donors (Lipinski definition) is 10. The predicted octanol–water partition coefficient (Wildman–Crippen LogP) is -2.12. The van der Waals surface area contributed by atoms with E-state index in [1.54, 1.807) is 42.5 Å². The van der Waals surface area contributed by atoms with Gasteiger partial charge in [-0.25, -0.2) is 14.4 Å². The Morgan fingerprint density at radius 3 is 2.25 bits per heavy atom. The van der Waals surface area contributed by atoms with Crippen LogP contribution in [0.4, 0.5) is 4.79 Å². The maximum atomic E-state index is 14.0. The molecule has 59 heavy (non-hydrogen) atoms. The van der Waals surface area contributed by atoms with Crippen molar-refractivity contribution < 1.29 is 48.8 Å². The zero-order chi connectivity index (χ0) is 43.4. The first-order valence-electron chi connectivity index (χ1n) is 18.3. The molecule has 4 rings (SSSR count). The number of aliphatic carboxylic acids is 1. The van der Waals surface area contributed by atoms with Gasteiger partial charge >= 0.3 is 17.7 Å². The summed E-state index contributed by atoms with van der Waals surface area (Å²) in [7, 11) is 1.32. The number of phenols is 1. The molecule has 0 aliphatic carbocycles. The van der Waals surface area contributed by atoms with E-state index < -0.39 is 96.0 Å². The quantitative estimate of drug-likeness (QED) is 0.0698. The lowest BCUT2D eigenvalue weighted by atomic mass is 10.0. The van der Waals surface area contributed by atoms with Gasteiger partial charge in [0.05, 0.1) is 12.6 Å². The number of aliphatic hydroxyl groups is 1. The number of rotatable bonds is 17. The fourth-order valence-electron chi connectivity index (χ4n) is 6.03. The first-order chi connectivity index (χ1) is 28.0. The maximum absolute atomic E-state index is 14.0. The van der Waals surface area contributed by atoms with Crippen LogP contribution in [0.2, 0.25) is 0 Å². The number of carbonyl (C=O) groups excluding carboxylic acids is 5. The Labute approximate surface area is 336 Å². The number of H-pyrrole nitrogens is 1. The highest BCUT2D eigenvalue weighted by Gasteiger charge is 2.37. The van der Waals surface area contributed by atoms with E-state index in [2.05, 4.69) is 31.6 Å². The van der Waals surface area contributed by atoms with E-state index in [0.717, 1.165) is 27.9 Å². The average molecular weight is 822 g/mol. The number of urea groups is 1. The van der Waals surface area contributed by atoms with Crippen molar-refractivity contribution in [3.63, 3.8) is 0 Å². The standard InChI is InChI=1S/C38H47N9O12/c1-20(41-37(57)43-27(36(55)56)15-22-8-5-4-6-9-22)32(52)45-31(33(53)40-19-25-17-28(49)35(59-25)47-13-12-29(50)44-38(47)58)21(2)46(3)34(54)26(42-30(51)18-39)16-23-10-7-11-24(48)14-23/h4-14,19-21,26-28,31,35,48-49H,15-18,39H2,1-3H3,(H,40,53)(H,42,51)(H,45,52)(H,55,56)(H2,41,43,57)(H,44,50,58)/b25-19-/t20-,21-,26-,27-,28+,31-,35+/m0/s1. The number of carbonyl (C=O) groups is 6. The van der Waals surface area contributed by atoms with Crippen molar-refractivity contribution in [2.45, 2.75) is 75.7 Å². The number of aromatic hydroxyl groups is 1. The fraction of sp³-hybridized carbons (Fsp3) is 0.368. The smallest absolute Gasteiger partial charge is 0.331 e. The number of nitrogens with zero attached hydrogens (tertiary/aromatic N) is 2. The Balaban J connectivity index is 1.55. The third-order valence-corrected chi connectivity index (χ3v) is 9.33. The fourth-order valence-corrected chi connectivity index (χ4v) is 6.03. The molecule has 7 atom stereocenters. The minimum absolute atomic E-state index is 0.00183. The van der Waals surface area contributed by atoms with Crippen LogP contribution in [0, 0.1) is 0 Å². The number of phenolic OH excluding ortho intramolecular Hbond substituents is 1. The van der Waals surface area contributed by atoms with Crippen molar-refractivity contribution in [2.75, 3.05) is 13.6 Å². The lowest BCUT2D eigenvalue weighted by Gasteiger charge is -2.34. The number of hydrogen-bond acceptors (Lipinski definition) is 12. The summed E-state index contributed by atoms with van der Waals surface area (Å²) in [6, 6.07) is 7.83. The second kappa shape index (κ2) is 20.4. The number of nitrogens with one attached hydrogen (secondary N) is 6. The number of nitrogens with two attached hydrogens (primary N) is 1. The summed E-state index contributed by atoms with van der Waals surface area (Å²) in [4.78, 5) is 106. The van der Waals surface area contributed by atoms with Crippen molar-refractivity contribution in [1.82, 2.24) is 41.0 Å². The molecule has 3 aromatic rings. The third kappa shape index (κ3) is 12.5. The van der Waals surface area contributed by atoms with Crippen LogP contribution in [0.25, 0.3) is 0 Å². The SMILES string of the molecule is C[C@H](NC(=O)N[C@@H](Cc1ccccc1)C(=O)O)C(=O)N[C@H](C(=O)N/C=C1/C[C@@H](O)[C@H](n2ccc(=O)[nH]c2=O)O1)[C@H](C)N(C)C(=O)[C@H](Cc1cccc(O)c1)NC(=O)CN. The molecule has 0 radical (unpaired) electrons. The number of amides is 6. The first kappa shape index (κ1) is 44.7. The highest BCUT2D eigenvalue weighted by Crippen LogP contribution is 2.29. The van der Waals surface area contributed by atoms with Crippen molar-refractivity contribution >= 4 is 35.6 Å². The van der Waals surface area contributed by atoms with Crippen LogP contribution in [0.1, 0.15) is 37.6 Å². The number of ether oxygens (including phenoxy) is 1. The molecule has 21 nitrogen and oxygen atoms in total. The van der Waals surface area contributed by atoms with E-state index in [9.17, 15) is 53.7 Å². The highest BCUT2D eigenvalue weighted by atomic mass is 16.5. The molecule has 1 saturated heterocycles. The predicted molar refractivity (Wildman–Crippen MR) is 208 cm³/mol. The summed E-state index contributed by atoms with van der Waals surface area (Å²) >= 11 is 0. The largest absolute Gasteiger partial charge is 0.508 e. The van der Waals surface area contributed by atoms with Crippen LogP contribution < -0.4 is 43.6 Å². The normalized spacial score (nSPS) is 17.9. The van der Waals surface area contributed by atoms with Gasteiger partial charge in [0, 0.05) is 44.8 Å². The number of aromatic amines is 1. The molecule has 6 amide bonds. The minimum Gasteiger partial charge on any atom is -0.508 e. The van der Waals surface area contributed by atoms with Gasteiger partial charge < -0.3 is 57.3 Å². The van der Waals surface area contributed by atoms with Gasteiger partial charge in [-0.1, -0.05) is 42.5 Å². The van der Waals surface area contributed by atoms with Gasteiger partial charge in [0.25, 0.3) is 5.56 Å². The molecule has 21 heteroatoms. The van der Waals surface area contributed by atoms with Crippen LogP contribution in [0.15, 0.2) is 88.4 Å². The molecule has 1 fully saturated rings. The summed E-state index contributed by atoms with van der Waals surface area (Å²) in [5.41, 5.74) is 5.09. The summed E-state index contributed by atoms with van der Waals surface area (Å²) < 4.78 is 6.62. The van der Waals surface area contributed by atoms with Crippen LogP contribution in [0.3, 0.4) is 0 Å². The molecule has 11 N–H and O–H groups in total. The summed E-state index contributed by atoms with van der Waals surface area (Å²) in [6.45, 7) is 2.25. The first-order valence-corrected chi connectivity index (χ1v) is 18.3. The maximum Gasteiger partial charge on any atom is 0.331 e. The molecule has 1 aromatic heterocycles. The minimum atomic E-state index is -1.58. The molecule has 2 heterocycles. The van der Waals surface area contributed by atoms with E-state index >= 15 is 0 Å². The van der Waals surface area contributed by atoms with Crippen molar-refractivity contribution in [3.05, 3.63) is 111 Å². The van der Waals surface area contributed by atoms with Gasteiger partial charge in [-0.05, 0) is 37.1 Å². The zero-order valence-corrected chi connectivity index (χ0v) is 32.3.